The van der Waals surface area contributed by atoms with Crippen molar-refractivity contribution in [1.82, 2.24) is 5.32 Å². The summed E-state index contributed by atoms with van der Waals surface area (Å²) in [4.78, 5) is 0. The molecule has 7 heteroatoms. The second-order valence-electron chi connectivity index (χ2n) is 4.42. The SMILES string of the molecule is CCc1ccc(C(NC)C(C(F)(F)F)C(F)(F)F)cc1. The van der Waals surface area contributed by atoms with E-state index < -0.39 is 24.3 Å². The molecule has 0 saturated heterocycles. The van der Waals surface area contributed by atoms with E-state index in [9.17, 15) is 26.3 Å². The number of halogens is 6. The Morgan fingerprint density at radius 3 is 1.70 bits per heavy atom. The summed E-state index contributed by atoms with van der Waals surface area (Å²) < 4.78 is 76.3. The molecule has 1 aromatic carbocycles. The van der Waals surface area contributed by atoms with Crippen LogP contribution in [0.1, 0.15) is 24.1 Å². The maximum Gasteiger partial charge on any atom is 0.402 e. The Hall–Kier alpha value is -1.24. The van der Waals surface area contributed by atoms with Crippen LogP contribution in [0.15, 0.2) is 24.3 Å². The Kier molecular flexibility index (Phi) is 5.07. The maximum absolute atomic E-state index is 12.7. The molecule has 0 aliphatic carbocycles. The monoisotopic (exact) mass is 299 g/mol. The predicted octanol–water partition coefficient (Wildman–Crippen LogP) is 4.25. The molecule has 1 unspecified atom stereocenters. The molecule has 20 heavy (non-hydrogen) atoms. The lowest BCUT2D eigenvalue weighted by Gasteiger charge is -2.30. The van der Waals surface area contributed by atoms with Crippen molar-refractivity contribution in [2.45, 2.75) is 31.7 Å². The molecule has 1 rings (SSSR count). The molecule has 1 N–H and O–H groups in total. The van der Waals surface area contributed by atoms with E-state index in [0.717, 1.165) is 12.6 Å². The quantitative estimate of drug-likeness (QED) is 0.820. The number of hydrogen-bond acceptors (Lipinski definition) is 1. The fraction of sp³-hybridized carbons (Fsp3) is 0.538. The summed E-state index contributed by atoms with van der Waals surface area (Å²) in [5, 5.41) is 2.13. The number of alkyl halides is 6. The first-order valence-electron chi connectivity index (χ1n) is 6.00. The minimum Gasteiger partial charge on any atom is -0.312 e. The second-order valence-corrected chi connectivity index (χ2v) is 4.42. The third-order valence-electron chi connectivity index (χ3n) is 3.10. The first kappa shape index (κ1) is 16.8. The van der Waals surface area contributed by atoms with E-state index in [4.69, 9.17) is 0 Å². The van der Waals surface area contributed by atoms with Gasteiger partial charge in [0.1, 0.15) is 0 Å². The summed E-state index contributed by atoms with van der Waals surface area (Å²) in [5.74, 6) is -3.44. The smallest absolute Gasteiger partial charge is 0.312 e. The molecule has 1 aromatic rings. The van der Waals surface area contributed by atoms with E-state index in [2.05, 4.69) is 5.32 Å². The third kappa shape index (κ3) is 3.88. The minimum atomic E-state index is -5.37. The van der Waals surface area contributed by atoms with Gasteiger partial charge in [-0.25, -0.2) is 0 Å². The van der Waals surface area contributed by atoms with Crippen molar-refractivity contribution >= 4 is 0 Å². The molecule has 0 bridgehead atoms. The van der Waals surface area contributed by atoms with Gasteiger partial charge in [-0.1, -0.05) is 31.2 Å². The average molecular weight is 299 g/mol. The van der Waals surface area contributed by atoms with Crippen LogP contribution in [-0.4, -0.2) is 19.4 Å². The maximum atomic E-state index is 12.7. The lowest BCUT2D eigenvalue weighted by atomic mass is 9.91. The van der Waals surface area contributed by atoms with Crippen molar-refractivity contribution < 1.29 is 26.3 Å². The van der Waals surface area contributed by atoms with Gasteiger partial charge in [0, 0.05) is 0 Å². The van der Waals surface area contributed by atoms with Gasteiger partial charge < -0.3 is 5.32 Å². The zero-order chi connectivity index (χ0) is 15.6. The summed E-state index contributed by atoms with van der Waals surface area (Å²) in [6.07, 6.45) is -10.1. The molecule has 1 atom stereocenters. The van der Waals surface area contributed by atoms with Gasteiger partial charge in [-0.3, -0.25) is 0 Å². The van der Waals surface area contributed by atoms with E-state index in [1.54, 1.807) is 0 Å². The fourth-order valence-electron chi connectivity index (χ4n) is 2.05. The summed E-state index contributed by atoms with van der Waals surface area (Å²) in [5.41, 5.74) is 0.809. The molecule has 0 amide bonds. The first-order valence-corrected chi connectivity index (χ1v) is 6.00. The molecule has 0 aliphatic rings. The topological polar surface area (TPSA) is 12.0 Å². The average Bonchev–Trinajstić information content (AvgIpc) is 2.33. The van der Waals surface area contributed by atoms with Gasteiger partial charge in [-0.2, -0.15) is 26.3 Å². The van der Waals surface area contributed by atoms with Crippen molar-refractivity contribution in [1.29, 1.82) is 0 Å². The van der Waals surface area contributed by atoms with Gasteiger partial charge in [0.15, 0.2) is 5.92 Å². The molecule has 0 aliphatic heterocycles. The Morgan fingerprint density at radius 2 is 1.40 bits per heavy atom. The highest BCUT2D eigenvalue weighted by atomic mass is 19.4. The van der Waals surface area contributed by atoms with E-state index in [-0.39, 0.29) is 5.56 Å². The fourth-order valence-corrected chi connectivity index (χ4v) is 2.05. The van der Waals surface area contributed by atoms with Gasteiger partial charge in [-0.15, -0.1) is 0 Å². The van der Waals surface area contributed by atoms with Gasteiger partial charge in [0.25, 0.3) is 0 Å². The van der Waals surface area contributed by atoms with Crippen LogP contribution in [-0.2, 0) is 6.42 Å². The molecule has 0 aromatic heterocycles. The van der Waals surface area contributed by atoms with Crippen LogP contribution in [0.3, 0.4) is 0 Å². The molecule has 0 saturated carbocycles. The molecule has 0 fully saturated rings. The summed E-state index contributed by atoms with van der Waals surface area (Å²) in [6, 6.07) is 3.79. The highest BCUT2D eigenvalue weighted by Crippen LogP contribution is 2.46. The van der Waals surface area contributed by atoms with Gasteiger partial charge in [-0.05, 0) is 24.6 Å². The van der Waals surface area contributed by atoms with Crippen molar-refractivity contribution in [3.05, 3.63) is 35.4 Å². The number of benzene rings is 1. The van der Waals surface area contributed by atoms with Crippen molar-refractivity contribution in [2.24, 2.45) is 5.92 Å². The molecular formula is C13H15F6N. The van der Waals surface area contributed by atoms with Crippen LogP contribution >= 0.6 is 0 Å². The Labute approximate surface area is 113 Å². The standard InChI is InChI=1S/C13H15F6N/c1-3-8-4-6-9(7-5-8)10(20-2)11(12(14,15)16)13(17,18)19/h4-7,10-11,20H,3H2,1-2H3. The largest absolute Gasteiger partial charge is 0.402 e. The molecule has 1 nitrogen and oxygen atoms in total. The zero-order valence-corrected chi connectivity index (χ0v) is 10.9. The van der Waals surface area contributed by atoms with E-state index in [0.29, 0.717) is 6.42 Å². The lowest BCUT2D eigenvalue weighted by Crippen LogP contribution is -2.45. The number of aryl methyl sites for hydroxylation is 1. The van der Waals surface area contributed by atoms with E-state index in [1.165, 1.54) is 24.3 Å². The van der Waals surface area contributed by atoms with Gasteiger partial charge in [0.05, 0.1) is 6.04 Å². The zero-order valence-electron chi connectivity index (χ0n) is 10.9. The Bertz CT molecular complexity index is 406. The van der Waals surface area contributed by atoms with Crippen molar-refractivity contribution in [3.8, 4) is 0 Å². The number of hydrogen-bond donors (Lipinski definition) is 1. The van der Waals surface area contributed by atoms with Crippen LogP contribution < -0.4 is 5.32 Å². The molecular weight excluding hydrogens is 284 g/mol. The van der Waals surface area contributed by atoms with Crippen LogP contribution in [0.4, 0.5) is 26.3 Å². The predicted molar refractivity (Wildman–Crippen MR) is 63.2 cm³/mol. The highest BCUT2D eigenvalue weighted by molar-refractivity contribution is 5.26. The normalized spacial score (nSPS) is 14.7. The van der Waals surface area contributed by atoms with E-state index in [1.807, 2.05) is 6.92 Å². The number of rotatable bonds is 4. The Balaban J connectivity index is 3.19. The molecule has 0 heterocycles. The van der Waals surface area contributed by atoms with Crippen LogP contribution in [0.25, 0.3) is 0 Å². The second kappa shape index (κ2) is 6.03. The van der Waals surface area contributed by atoms with Gasteiger partial charge >= 0.3 is 12.4 Å². The highest BCUT2D eigenvalue weighted by Gasteiger charge is 2.60. The summed E-state index contributed by atoms with van der Waals surface area (Å²) >= 11 is 0. The lowest BCUT2D eigenvalue weighted by molar-refractivity contribution is -0.292. The molecule has 114 valence electrons. The van der Waals surface area contributed by atoms with Crippen molar-refractivity contribution in [2.75, 3.05) is 7.05 Å². The van der Waals surface area contributed by atoms with Gasteiger partial charge in [0.2, 0.25) is 0 Å². The molecule has 0 radical (unpaired) electrons. The first-order chi connectivity index (χ1) is 9.11. The van der Waals surface area contributed by atoms with Crippen LogP contribution in [0, 0.1) is 5.92 Å². The Morgan fingerprint density at radius 1 is 0.950 bits per heavy atom. The summed E-state index contributed by atoms with van der Waals surface area (Å²) in [6.45, 7) is 1.85. The van der Waals surface area contributed by atoms with Crippen molar-refractivity contribution in [3.63, 3.8) is 0 Å². The third-order valence-corrected chi connectivity index (χ3v) is 3.10. The van der Waals surface area contributed by atoms with E-state index >= 15 is 0 Å². The minimum absolute atomic E-state index is 0.0376. The number of nitrogens with one attached hydrogen (secondary N) is 1. The van der Waals surface area contributed by atoms with Crippen LogP contribution in [0.2, 0.25) is 0 Å². The molecule has 0 spiro atoms. The van der Waals surface area contributed by atoms with Crippen LogP contribution in [0.5, 0.6) is 0 Å². The summed E-state index contributed by atoms with van der Waals surface area (Å²) in [7, 11) is 1.09.